The normalized spacial score (nSPS) is 15.6. The monoisotopic (exact) mass is 345 g/mol. The molecule has 0 aliphatic carbocycles. The lowest BCUT2D eigenvalue weighted by Gasteiger charge is -2.27. The molecule has 2 aromatic carbocycles. The van der Waals surface area contributed by atoms with Gasteiger partial charge in [0.15, 0.2) is 6.17 Å². The van der Waals surface area contributed by atoms with Gasteiger partial charge in [-0.15, -0.1) is 0 Å². The Bertz CT molecular complexity index is 1040. The molecule has 0 saturated carbocycles. The van der Waals surface area contributed by atoms with Crippen molar-refractivity contribution in [3.63, 3.8) is 0 Å². The van der Waals surface area contributed by atoms with Crippen molar-refractivity contribution in [3.05, 3.63) is 87.8 Å². The summed E-state index contributed by atoms with van der Waals surface area (Å²) in [6.07, 6.45) is -0.472. The molecule has 4 rings (SSSR count). The molecular formula is C20H19N5O. The van der Waals surface area contributed by atoms with Crippen molar-refractivity contribution in [1.82, 2.24) is 9.55 Å². The van der Waals surface area contributed by atoms with Crippen LogP contribution in [0.15, 0.2) is 70.5 Å². The van der Waals surface area contributed by atoms with Gasteiger partial charge < -0.3 is 5.32 Å². The van der Waals surface area contributed by atoms with E-state index in [2.05, 4.69) is 15.6 Å². The molecule has 1 aliphatic heterocycles. The Kier molecular flexibility index (Phi) is 4.01. The van der Waals surface area contributed by atoms with E-state index in [0.717, 1.165) is 16.8 Å². The van der Waals surface area contributed by atoms with Gasteiger partial charge in [-0.2, -0.15) is 0 Å². The molecule has 130 valence electrons. The molecule has 1 aliphatic rings. The van der Waals surface area contributed by atoms with E-state index in [1.807, 2.05) is 61.5 Å². The summed E-state index contributed by atoms with van der Waals surface area (Å²) in [6.45, 7) is 3.84. The van der Waals surface area contributed by atoms with Gasteiger partial charge in [0.05, 0.1) is 0 Å². The van der Waals surface area contributed by atoms with Gasteiger partial charge in [0.25, 0.3) is 5.56 Å². The molecule has 0 unspecified atom stereocenters. The minimum absolute atomic E-state index is 0.132. The van der Waals surface area contributed by atoms with Crippen LogP contribution in [0.2, 0.25) is 0 Å². The minimum atomic E-state index is -0.472. The Morgan fingerprint density at radius 3 is 2.62 bits per heavy atom. The molecule has 6 heteroatoms. The van der Waals surface area contributed by atoms with Crippen molar-refractivity contribution in [1.29, 1.82) is 0 Å². The molecule has 1 atom stereocenters. The van der Waals surface area contributed by atoms with Crippen LogP contribution in [0.1, 0.15) is 23.0 Å². The van der Waals surface area contributed by atoms with E-state index in [1.54, 1.807) is 11.5 Å². The van der Waals surface area contributed by atoms with Crippen molar-refractivity contribution in [2.45, 2.75) is 20.0 Å². The number of benzene rings is 2. The highest BCUT2D eigenvalue weighted by Crippen LogP contribution is 2.25. The van der Waals surface area contributed by atoms with E-state index in [4.69, 9.17) is 4.99 Å². The number of guanidine groups is 1. The maximum atomic E-state index is 12.6. The van der Waals surface area contributed by atoms with Crippen LogP contribution in [-0.4, -0.2) is 15.5 Å². The van der Waals surface area contributed by atoms with E-state index >= 15 is 0 Å². The highest BCUT2D eigenvalue weighted by Gasteiger charge is 2.24. The number of fused-ring (bicyclic) bond motifs is 1. The second-order valence-corrected chi connectivity index (χ2v) is 6.31. The van der Waals surface area contributed by atoms with Gasteiger partial charge in [0.2, 0.25) is 11.9 Å². The van der Waals surface area contributed by atoms with Crippen LogP contribution in [-0.2, 0) is 0 Å². The molecule has 2 heterocycles. The van der Waals surface area contributed by atoms with Crippen LogP contribution in [0, 0.1) is 13.8 Å². The smallest absolute Gasteiger partial charge is 0.257 e. The summed E-state index contributed by atoms with van der Waals surface area (Å²) in [6, 6.07) is 19.3. The zero-order valence-corrected chi connectivity index (χ0v) is 14.6. The number of hydrogen-bond acceptors (Lipinski definition) is 5. The standard InChI is InChI=1S/C20H19N5O/c1-13-7-6-10-16(11-13)22-19-23-18(15-8-4-3-5-9-15)25-17(26)12-14(2)21-20(25)24-19/h3-12,18H,1-2H3,(H2,21,22,23,24)/t18-/m1/s1. The van der Waals surface area contributed by atoms with Gasteiger partial charge >= 0.3 is 0 Å². The van der Waals surface area contributed by atoms with Crippen molar-refractivity contribution in [2.24, 2.45) is 4.99 Å². The van der Waals surface area contributed by atoms with Crippen LogP contribution >= 0.6 is 0 Å². The summed E-state index contributed by atoms with van der Waals surface area (Å²) >= 11 is 0. The molecular weight excluding hydrogens is 326 g/mol. The Morgan fingerprint density at radius 1 is 1.04 bits per heavy atom. The van der Waals surface area contributed by atoms with Crippen LogP contribution in [0.4, 0.5) is 11.6 Å². The number of rotatable bonds is 2. The third kappa shape index (κ3) is 3.09. The van der Waals surface area contributed by atoms with Crippen molar-refractivity contribution >= 4 is 17.6 Å². The molecule has 26 heavy (non-hydrogen) atoms. The highest BCUT2D eigenvalue weighted by atomic mass is 16.1. The molecule has 0 spiro atoms. The largest absolute Gasteiger partial charge is 0.326 e. The Hall–Kier alpha value is -3.41. The first-order chi connectivity index (χ1) is 12.6. The summed E-state index contributed by atoms with van der Waals surface area (Å²) < 4.78 is 1.57. The summed E-state index contributed by atoms with van der Waals surface area (Å²) in [5, 5.41) is 6.42. The quantitative estimate of drug-likeness (QED) is 0.747. The van der Waals surface area contributed by atoms with Crippen LogP contribution in [0.3, 0.4) is 0 Å². The maximum absolute atomic E-state index is 12.6. The molecule has 0 amide bonds. The maximum Gasteiger partial charge on any atom is 0.257 e. The fourth-order valence-electron chi connectivity index (χ4n) is 3.02. The van der Waals surface area contributed by atoms with E-state index in [0.29, 0.717) is 17.6 Å². The van der Waals surface area contributed by atoms with Crippen LogP contribution in [0.5, 0.6) is 0 Å². The number of anilines is 2. The number of aromatic nitrogens is 2. The fourth-order valence-corrected chi connectivity index (χ4v) is 3.02. The third-order valence-corrected chi connectivity index (χ3v) is 4.18. The first-order valence-electron chi connectivity index (χ1n) is 8.44. The van der Waals surface area contributed by atoms with E-state index < -0.39 is 6.17 Å². The number of nitrogens with zero attached hydrogens (tertiary/aromatic N) is 3. The lowest BCUT2D eigenvalue weighted by atomic mass is 10.1. The molecule has 1 aromatic heterocycles. The average molecular weight is 345 g/mol. The molecule has 0 saturated heterocycles. The summed E-state index contributed by atoms with van der Waals surface area (Å²) in [5.74, 6) is 1.04. The van der Waals surface area contributed by atoms with Crippen molar-refractivity contribution < 1.29 is 0 Å². The SMILES string of the molecule is Cc1cccc(NC2=N[C@@H](c3ccccc3)n3c(nc(C)cc3=O)N2)c1. The second kappa shape index (κ2) is 6.48. The molecule has 0 bridgehead atoms. The topological polar surface area (TPSA) is 71.3 Å². The Morgan fingerprint density at radius 2 is 1.85 bits per heavy atom. The third-order valence-electron chi connectivity index (χ3n) is 4.18. The van der Waals surface area contributed by atoms with E-state index in [-0.39, 0.29) is 5.56 Å². The fraction of sp³-hybridized carbons (Fsp3) is 0.150. The van der Waals surface area contributed by atoms with Crippen molar-refractivity contribution in [2.75, 3.05) is 10.6 Å². The zero-order valence-electron chi connectivity index (χ0n) is 14.6. The average Bonchev–Trinajstić information content (AvgIpc) is 2.61. The predicted octanol–water partition coefficient (Wildman–Crippen LogP) is 3.30. The van der Waals surface area contributed by atoms with Crippen LogP contribution in [0.25, 0.3) is 0 Å². The highest BCUT2D eigenvalue weighted by molar-refractivity contribution is 6.03. The zero-order chi connectivity index (χ0) is 18.1. The van der Waals surface area contributed by atoms with Gasteiger partial charge in [-0.1, -0.05) is 42.5 Å². The van der Waals surface area contributed by atoms with Gasteiger partial charge in [0.1, 0.15) is 0 Å². The van der Waals surface area contributed by atoms with Gasteiger partial charge in [-0.05, 0) is 37.1 Å². The molecule has 0 radical (unpaired) electrons. The minimum Gasteiger partial charge on any atom is -0.326 e. The molecule has 6 nitrogen and oxygen atoms in total. The van der Waals surface area contributed by atoms with Gasteiger partial charge in [0, 0.05) is 17.4 Å². The van der Waals surface area contributed by atoms with E-state index in [9.17, 15) is 4.79 Å². The lowest BCUT2D eigenvalue weighted by molar-refractivity contribution is 0.577. The van der Waals surface area contributed by atoms with Gasteiger partial charge in [-0.25, -0.2) is 9.98 Å². The Labute approximate surface area is 151 Å². The molecule has 2 N–H and O–H groups in total. The second-order valence-electron chi connectivity index (χ2n) is 6.31. The summed E-state index contributed by atoms with van der Waals surface area (Å²) in [4.78, 5) is 21.8. The lowest BCUT2D eigenvalue weighted by Crippen LogP contribution is -2.37. The Balaban J connectivity index is 1.79. The molecule has 3 aromatic rings. The number of nitrogens with one attached hydrogen (secondary N) is 2. The van der Waals surface area contributed by atoms with Crippen LogP contribution < -0.4 is 16.2 Å². The summed E-state index contributed by atoms with van der Waals surface area (Å²) in [7, 11) is 0. The number of aliphatic imine (C=N–C) groups is 1. The first-order valence-corrected chi connectivity index (χ1v) is 8.44. The number of aryl methyl sites for hydroxylation is 2. The summed E-state index contributed by atoms with van der Waals surface area (Å²) in [5.41, 5.74) is 3.53. The van der Waals surface area contributed by atoms with Gasteiger partial charge in [-0.3, -0.25) is 14.7 Å². The number of hydrogen-bond donors (Lipinski definition) is 2. The van der Waals surface area contributed by atoms with Crippen molar-refractivity contribution in [3.8, 4) is 0 Å². The first kappa shape index (κ1) is 16.1. The van der Waals surface area contributed by atoms with E-state index in [1.165, 1.54) is 6.07 Å². The molecule has 0 fully saturated rings. The predicted molar refractivity (Wildman–Crippen MR) is 104 cm³/mol.